The first-order valence-corrected chi connectivity index (χ1v) is 4.83. The van der Waals surface area contributed by atoms with E-state index in [1.807, 2.05) is 0 Å². The Kier molecular flexibility index (Phi) is 3.98. The number of nitrogens with two attached hydrogens (primary N) is 1. The molecule has 2 N–H and O–H groups in total. The summed E-state index contributed by atoms with van der Waals surface area (Å²) in [6, 6.07) is 0. The van der Waals surface area contributed by atoms with Gasteiger partial charge in [-0.25, -0.2) is 0 Å². The minimum absolute atomic E-state index is 0.647. The van der Waals surface area contributed by atoms with Crippen molar-refractivity contribution in [1.82, 2.24) is 9.80 Å². The summed E-state index contributed by atoms with van der Waals surface area (Å²) >= 11 is 0. The largest absolute Gasteiger partial charge is 0.330 e. The van der Waals surface area contributed by atoms with Crippen LogP contribution in [0.5, 0.6) is 0 Å². The second-order valence-electron chi connectivity index (χ2n) is 3.94. The standard InChI is InChI=1S/C9H21N3/c1-9(7-10)8-12-5-3-11(2)4-6-12/h9H,3-8,10H2,1-2H3/t9-/m0/s1. The predicted octanol–water partition coefficient (Wildman–Crippen LogP) is -0.171. The summed E-state index contributed by atoms with van der Waals surface area (Å²) in [4.78, 5) is 4.89. The van der Waals surface area contributed by atoms with Gasteiger partial charge in [0.1, 0.15) is 0 Å². The fourth-order valence-corrected chi connectivity index (χ4v) is 1.55. The van der Waals surface area contributed by atoms with Crippen LogP contribution in [0.3, 0.4) is 0 Å². The fraction of sp³-hybridized carbons (Fsp3) is 1.00. The zero-order valence-corrected chi connectivity index (χ0v) is 8.29. The number of hydrogen-bond acceptors (Lipinski definition) is 3. The van der Waals surface area contributed by atoms with Gasteiger partial charge in [0.05, 0.1) is 0 Å². The smallest absolute Gasteiger partial charge is 0.0110 e. The highest BCUT2D eigenvalue weighted by Gasteiger charge is 2.14. The van der Waals surface area contributed by atoms with Crippen LogP contribution in [0.25, 0.3) is 0 Å². The molecule has 1 aliphatic rings. The molecule has 1 rings (SSSR count). The fourth-order valence-electron chi connectivity index (χ4n) is 1.55. The van der Waals surface area contributed by atoms with Crippen molar-refractivity contribution in [3.05, 3.63) is 0 Å². The van der Waals surface area contributed by atoms with Gasteiger partial charge in [-0.15, -0.1) is 0 Å². The molecule has 1 fully saturated rings. The molecule has 1 atom stereocenters. The van der Waals surface area contributed by atoms with Gasteiger partial charge >= 0.3 is 0 Å². The summed E-state index contributed by atoms with van der Waals surface area (Å²) in [6.07, 6.45) is 0. The lowest BCUT2D eigenvalue weighted by Gasteiger charge is -2.33. The third kappa shape index (κ3) is 3.09. The van der Waals surface area contributed by atoms with E-state index in [4.69, 9.17) is 5.73 Å². The molecule has 0 spiro atoms. The molecule has 1 heterocycles. The Hall–Kier alpha value is -0.120. The molecule has 12 heavy (non-hydrogen) atoms. The zero-order valence-electron chi connectivity index (χ0n) is 8.29. The van der Waals surface area contributed by atoms with Crippen LogP contribution in [0.2, 0.25) is 0 Å². The van der Waals surface area contributed by atoms with Gasteiger partial charge in [0.25, 0.3) is 0 Å². The van der Waals surface area contributed by atoms with Crippen LogP contribution >= 0.6 is 0 Å². The highest BCUT2D eigenvalue weighted by atomic mass is 15.2. The van der Waals surface area contributed by atoms with Gasteiger partial charge in [-0.1, -0.05) is 6.92 Å². The van der Waals surface area contributed by atoms with Gasteiger partial charge in [0, 0.05) is 32.7 Å². The normalized spacial score (nSPS) is 24.2. The molecule has 0 aromatic rings. The Labute approximate surface area is 75.5 Å². The van der Waals surface area contributed by atoms with Crippen molar-refractivity contribution in [1.29, 1.82) is 0 Å². The first kappa shape index (κ1) is 9.96. The Morgan fingerprint density at radius 1 is 1.25 bits per heavy atom. The molecule has 0 radical (unpaired) electrons. The van der Waals surface area contributed by atoms with E-state index in [0.29, 0.717) is 5.92 Å². The van der Waals surface area contributed by atoms with Crippen LogP contribution in [-0.4, -0.2) is 56.1 Å². The lowest BCUT2D eigenvalue weighted by molar-refractivity contribution is 0.140. The molecule has 3 heteroatoms. The van der Waals surface area contributed by atoms with Crippen molar-refractivity contribution in [3.63, 3.8) is 0 Å². The predicted molar refractivity (Wildman–Crippen MR) is 52.2 cm³/mol. The molecule has 0 bridgehead atoms. The van der Waals surface area contributed by atoms with Crippen LogP contribution in [0, 0.1) is 5.92 Å². The van der Waals surface area contributed by atoms with Crippen LogP contribution in [-0.2, 0) is 0 Å². The average molecular weight is 171 g/mol. The summed E-state index contributed by atoms with van der Waals surface area (Å²) in [7, 11) is 2.18. The third-order valence-electron chi connectivity index (χ3n) is 2.57. The molecule has 0 saturated carbocycles. The number of likely N-dealkylation sites (N-methyl/N-ethyl adjacent to an activating group) is 1. The molecule has 0 unspecified atom stereocenters. The lowest BCUT2D eigenvalue weighted by Crippen LogP contribution is -2.46. The highest BCUT2D eigenvalue weighted by Crippen LogP contribution is 2.02. The van der Waals surface area contributed by atoms with Gasteiger partial charge in [-0.2, -0.15) is 0 Å². The third-order valence-corrected chi connectivity index (χ3v) is 2.57. The number of hydrogen-bond donors (Lipinski definition) is 1. The van der Waals surface area contributed by atoms with Crippen molar-refractivity contribution in [2.75, 3.05) is 46.3 Å². The quantitative estimate of drug-likeness (QED) is 0.640. The van der Waals surface area contributed by atoms with Gasteiger partial charge in [0.2, 0.25) is 0 Å². The van der Waals surface area contributed by atoms with E-state index in [2.05, 4.69) is 23.8 Å². The monoisotopic (exact) mass is 171 g/mol. The van der Waals surface area contributed by atoms with Crippen LogP contribution < -0.4 is 5.73 Å². The van der Waals surface area contributed by atoms with Crippen molar-refractivity contribution >= 4 is 0 Å². The minimum Gasteiger partial charge on any atom is -0.330 e. The maximum atomic E-state index is 5.58. The lowest BCUT2D eigenvalue weighted by atomic mass is 10.1. The van der Waals surface area contributed by atoms with Gasteiger partial charge < -0.3 is 15.5 Å². The molecule has 1 saturated heterocycles. The Morgan fingerprint density at radius 2 is 1.83 bits per heavy atom. The molecule has 0 amide bonds. The summed E-state index contributed by atoms with van der Waals surface area (Å²) in [6.45, 7) is 9.03. The SMILES string of the molecule is C[C@@H](CN)CN1CCN(C)CC1. The molecule has 1 aliphatic heterocycles. The molecular weight excluding hydrogens is 150 g/mol. The van der Waals surface area contributed by atoms with E-state index < -0.39 is 0 Å². The topological polar surface area (TPSA) is 32.5 Å². The second kappa shape index (κ2) is 4.80. The van der Waals surface area contributed by atoms with E-state index in [-0.39, 0.29) is 0 Å². The number of rotatable bonds is 3. The molecule has 0 aliphatic carbocycles. The van der Waals surface area contributed by atoms with E-state index >= 15 is 0 Å². The van der Waals surface area contributed by atoms with Gasteiger partial charge in [0.15, 0.2) is 0 Å². The molecule has 0 aromatic carbocycles. The average Bonchev–Trinajstić information content (AvgIpc) is 2.09. The van der Waals surface area contributed by atoms with Crippen molar-refractivity contribution < 1.29 is 0 Å². The van der Waals surface area contributed by atoms with Crippen molar-refractivity contribution in [3.8, 4) is 0 Å². The molecular formula is C9H21N3. The molecule has 72 valence electrons. The summed E-state index contributed by atoms with van der Waals surface area (Å²) in [5, 5.41) is 0. The first-order valence-electron chi connectivity index (χ1n) is 4.83. The van der Waals surface area contributed by atoms with Crippen LogP contribution in [0.1, 0.15) is 6.92 Å². The molecule has 0 aromatic heterocycles. The Bertz CT molecular complexity index is 119. The summed E-state index contributed by atoms with van der Waals surface area (Å²) in [5.41, 5.74) is 5.58. The first-order chi connectivity index (χ1) is 5.72. The maximum absolute atomic E-state index is 5.58. The highest BCUT2D eigenvalue weighted by molar-refractivity contribution is 4.71. The van der Waals surface area contributed by atoms with Crippen molar-refractivity contribution in [2.45, 2.75) is 6.92 Å². The second-order valence-corrected chi connectivity index (χ2v) is 3.94. The van der Waals surface area contributed by atoms with Crippen molar-refractivity contribution in [2.24, 2.45) is 11.7 Å². The summed E-state index contributed by atoms with van der Waals surface area (Å²) < 4.78 is 0. The van der Waals surface area contributed by atoms with E-state index in [9.17, 15) is 0 Å². The Balaban J connectivity index is 2.17. The van der Waals surface area contributed by atoms with Gasteiger partial charge in [-0.05, 0) is 19.5 Å². The zero-order chi connectivity index (χ0) is 8.97. The minimum atomic E-state index is 0.647. The van der Waals surface area contributed by atoms with E-state index in [1.165, 1.54) is 32.7 Å². The van der Waals surface area contributed by atoms with Crippen LogP contribution in [0.4, 0.5) is 0 Å². The van der Waals surface area contributed by atoms with Gasteiger partial charge in [-0.3, -0.25) is 0 Å². The molecule has 3 nitrogen and oxygen atoms in total. The number of piperazine rings is 1. The van der Waals surface area contributed by atoms with E-state index in [0.717, 1.165) is 6.54 Å². The van der Waals surface area contributed by atoms with Crippen LogP contribution in [0.15, 0.2) is 0 Å². The number of nitrogens with zero attached hydrogens (tertiary/aromatic N) is 2. The van der Waals surface area contributed by atoms with E-state index in [1.54, 1.807) is 0 Å². The summed E-state index contributed by atoms with van der Waals surface area (Å²) in [5.74, 6) is 0.647. The Morgan fingerprint density at radius 3 is 2.33 bits per heavy atom. The maximum Gasteiger partial charge on any atom is 0.0110 e.